The Morgan fingerprint density at radius 3 is 2.75 bits per heavy atom. The smallest absolute Gasteiger partial charge is 0.174 e. The fourth-order valence-electron chi connectivity index (χ4n) is 4.50. The lowest BCUT2D eigenvalue weighted by molar-refractivity contribution is 0.124. The Morgan fingerprint density at radius 2 is 2.03 bits per heavy atom. The van der Waals surface area contributed by atoms with Crippen molar-refractivity contribution in [3.8, 4) is 11.8 Å². The van der Waals surface area contributed by atoms with Crippen LogP contribution in [0.15, 0.2) is 41.7 Å². The molecule has 2 aromatic heterocycles. The number of fused-ring (bicyclic) bond motifs is 1. The van der Waals surface area contributed by atoms with Gasteiger partial charge in [-0.15, -0.1) is 0 Å². The van der Waals surface area contributed by atoms with Gasteiger partial charge in [-0.25, -0.2) is 18.7 Å². The number of nitriles is 1. The number of hydrogen-bond acceptors (Lipinski definition) is 9. The summed E-state index contributed by atoms with van der Waals surface area (Å²) >= 11 is 1.37. The molecule has 3 aromatic rings. The minimum Gasteiger partial charge on any atom is -0.477 e. The van der Waals surface area contributed by atoms with Gasteiger partial charge >= 0.3 is 0 Å². The summed E-state index contributed by atoms with van der Waals surface area (Å²) in [4.78, 5) is 13.3. The zero-order chi connectivity index (χ0) is 26.1. The maximum absolute atomic E-state index is 15.3. The summed E-state index contributed by atoms with van der Waals surface area (Å²) in [6.07, 6.45) is 3.03. The van der Waals surface area contributed by atoms with Crippen molar-refractivity contribution in [2.45, 2.75) is 31.1 Å². The third-order valence-electron chi connectivity index (χ3n) is 6.58. The van der Waals surface area contributed by atoms with Crippen molar-refractivity contribution in [3.63, 3.8) is 0 Å². The third kappa shape index (κ3) is 4.66. The van der Waals surface area contributed by atoms with E-state index >= 15 is 4.39 Å². The highest BCUT2D eigenvalue weighted by Crippen LogP contribution is 2.51. The maximum atomic E-state index is 15.3. The monoisotopic (exact) mass is 512 g/mol. The van der Waals surface area contributed by atoms with E-state index in [-0.39, 0.29) is 28.9 Å². The molecule has 0 spiro atoms. The van der Waals surface area contributed by atoms with E-state index in [1.54, 1.807) is 32.4 Å². The predicted octanol–water partition coefficient (Wildman–Crippen LogP) is 4.87. The van der Waals surface area contributed by atoms with Gasteiger partial charge in [-0.1, -0.05) is 18.7 Å². The number of nitrogens with two attached hydrogens (primary N) is 1. The molecule has 188 valence electrons. The first-order valence-electron chi connectivity index (χ1n) is 11.2. The van der Waals surface area contributed by atoms with Crippen LogP contribution in [0.25, 0.3) is 10.9 Å². The molecule has 0 saturated carbocycles. The first-order valence-corrected chi connectivity index (χ1v) is 12.0. The Labute approximate surface area is 211 Å². The largest absolute Gasteiger partial charge is 0.477 e. The highest BCUT2D eigenvalue weighted by atomic mass is 32.2. The maximum Gasteiger partial charge on any atom is 0.174 e. The van der Waals surface area contributed by atoms with Crippen LogP contribution in [-0.4, -0.2) is 40.2 Å². The number of thioether (sulfide) groups is 1. The molecule has 8 nitrogen and oxygen atoms in total. The molecule has 3 N–H and O–H groups in total. The molecule has 3 heterocycles. The van der Waals surface area contributed by atoms with Gasteiger partial charge in [0.25, 0.3) is 0 Å². The second-order valence-corrected chi connectivity index (χ2v) is 10.5. The van der Waals surface area contributed by atoms with Gasteiger partial charge in [0, 0.05) is 46.7 Å². The number of halogens is 2. The number of amidine groups is 1. The molecule has 1 aromatic carbocycles. The quantitative estimate of drug-likeness (QED) is 0.460. The van der Waals surface area contributed by atoms with E-state index in [1.807, 2.05) is 19.9 Å². The molecule has 0 saturated heterocycles. The fraction of sp³-hybridized carbons (Fsp3) is 0.360. The highest BCUT2D eigenvalue weighted by Gasteiger charge is 2.50. The van der Waals surface area contributed by atoms with E-state index in [0.29, 0.717) is 29.1 Å². The third-order valence-corrected chi connectivity index (χ3v) is 7.82. The molecule has 0 unspecified atom stereocenters. The minimum atomic E-state index is -1.15. The van der Waals surface area contributed by atoms with Crippen LogP contribution in [-0.2, 0) is 10.3 Å². The van der Waals surface area contributed by atoms with Crippen molar-refractivity contribution >= 4 is 39.3 Å². The number of ether oxygens (including phenoxy) is 2. The van der Waals surface area contributed by atoms with Gasteiger partial charge in [0.1, 0.15) is 17.3 Å². The van der Waals surface area contributed by atoms with Gasteiger partial charge in [-0.3, -0.25) is 4.99 Å². The van der Waals surface area contributed by atoms with Crippen molar-refractivity contribution in [3.05, 3.63) is 53.9 Å². The Kier molecular flexibility index (Phi) is 7.02. The molecule has 0 fully saturated rings. The van der Waals surface area contributed by atoms with Crippen molar-refractivity contribution in [2.24, 2.45) is 16.6 Å². The molecule has 3 atom stereocenters. The van der Waals surface area contributed by atoms with E-state index in [0.717, 1.165) is 6.07 Å². The Morgan fingerprint density at radius 1 is 1.25 bits per heavy atom. The molecule has 1 aliphatic heterocycles. The number of pyridine rings is 2. The van der Waals surface area contributed by atoms with Gasteiger partial charge in [0.15, 0.2) is 29.2 Å². The summed E-state index contributed by atoms with van der Waals surface area (Å²) in [5.74, 6) is -1.48. The van der Waals surface area contributed by atoms with E-state index in [4.69, 9.17) is 20.5 Å². The van der Waals surface area contributed by atoms with Gasteiger partial charge in [0.05, 0.1) is 18.3 Å². The summed E-state index contributed by atoms with van der Waals surface area (Å²) in [5.41, 5.74) is 5.85. The second kappa shape index (κ2) is 9.87. The standard InChI is InChI=1S/C25H26F2N6O2S/c1-14-24(2,13-34-4)36-23(29)33-25(14,3)18-10-16(11-19(26)20(18)27)32-22-21-15(5-7-30-22)9-17(12-31-21)35-8-6-28/h5,7,9-12,14H,8,13H2,1-4H3,(H2,29,33)(H,30,32)/t14-,24-,25+/m1/s1. The topological polar surface area (TPSA) is 118 Å². The number of benzene rings is 1. The summed E-state index contributed by atoms with van der Waals surface area (Å²) in [6.45, 7) is 5.91. The zero-order valence-corrected chi connectivity index (χ0v) is 21.1. The molecule has 0 aliphatic carbocycles. The van der Waals surface area contributed by atoms with Crippen LogP contribution in [0.2, 0.25) is 0 Å². The molecular weight excluding hydrogens is 486 g/mol. The fourth-order valence-corrected chi connectivity index (χ4v) is 5.79. The van der Waals surface area contributed by atoms with E-state index in [2.05, 4.69) is 20.3 Å². The number of methoxy groups -OCH3 is 1. The van der Waals surface area contributed by atoms with Gasteiger partial charge < -0.3 is 20.5 Å². The van der Waals surface area contributed by atoms with Crippen molar-refractivity contribution in [1.82, 2.24) is 9.97 Å². The average Bonchev–Trinajstić information content (AvgIpc) is 2.83. The molecular formula is C25H26F2N6O2S. The van der Waals surface area contributed by atoms with Crippen LogP contribution in [0.3, 0.4) is 0 Å². The van der Waals surface area contributed by atoms with Crippen molar-refractivity contribution < 1.29 is 18.3 Å². The summed E-state index contributed by atoms with van der Waals surface area (Å²) in [7, 11) is 1.59. The van der Waals surface area contributed by atoms with Gasteiger partial charge in [0.2, 0.25) is 0 Å². The van der Waals surface area contributed by atoms with E-state index < -0.39 is 21.9 Å². The number of anilines is 2. The minimum absolute atomic E-state index is 0.0727. The first kappa shape index (κ1) is 25.6. The lowest BCUT2D eigenvalue weighted by Crippen LogP contribution is -2.50. The Hall–Kier alpha value is -3.49. The second-order valence-electron chi connectivity index (χ2n) is 8.96. The van der Waals surface area contributed by atoms with Crippen LogP contribution in [0.1, 0.15) is 26.3 Å². The first-order chi connectivity index (χ1) is 17.1. The number of hydrogen-bond donors (Lipinski definition) is 2. The predicted molar refractivity (Wildman–Crippen MR) is 136 cm³/mol. The average molecular weight is 513 g/mol. The van der Waals surface area contributed by atoms with Crippen LogP contribution in [0, 0.1) is 28.9 Å². The number of aromatic nitrogens is 2. The number of rotatable bonds is 7. The molecule has 0 bridgehead atoms. The lowest BCUT2D eigenvalue weighted by atomic mass is 9.74. The van der Waals surface area contributed by atoms with Crippen LogP contribution < -0.4 is 15.8 Å². The number of nitrogens with zero attached hydrogens (tertiary/aromatic N) is 4. The van der Waals surface area contributed by atoms with Crippen LogP contribution >= 0.6 is 11.8 Å². The zero-order valence-electron chi connectivity index (χ0n) is 20.3. The van der Waals surface area contributed by atoms with Crippen LogP contribution in [0.5, 0.6) is 5.75 Å². The molecule has 11 heteroatoms. The molecule has 1 aliphatic rings. The molecule has 36 heavy (non-hydrogen) atoms. The summed E-state index contributed by atoms with van der Waals surface area (Å²) < 4.78 is 40.4. The van der Waals surface area contributed by atoms with Crippen molar-refractivity contribution in [1.29, 1.82) is 5.26 Å². The van der Waals surface area contributed by atoms with Crippen molar-refractivity contribution in [2.75, 3.05) is 25.6 Å². The Balaban J connectivity index is 1.76. The normalized spacial score (nSPS) is 23.7. The number of aliphatic imine (C=N–C) groups is 1. The van der Waals surface area contributed by atoms with Gasteiger partial charge in [-0.05, 0) is 32.0 Å². The van der Waals surface area contributed by atoms with E-state index in [9.17, 15) is 4.39 Å². The van der Waals surface area contributed by atoms with E-state index in [1.165, 1.54) is 24.0 Å². The SMILES string of the molecule is COC[C@@]1(C)SC(N)=N[C@](C)(c2cc(Nc3nccc4cc(OCC#N)cnc34)cc(F)c2F)[C@@H]1C. The summed E-state index contributed by atoms with van der Waals surface area (Å²) in [6, 6.07) is 7.96. The molecule has 4 rings (SSSR count). The highest BCUT2D eigenvalue weighted by molar-refractivity contribution is 8.15. The summed E-state index contributed by atoms with van der Waals surface area (Å²) in [5, 5.41) is 12.8. The molecule has 0 amide bonds. The lowest BCUT2D eigenvalue weighted by Gasteiger charge is -2.47. The number of nitrogens with one attached hydrogen (secondary N) is 1. The van der Waals surface area contributed by atoms with Crippen LogP contribution in [0.4, 0.5) is 20.3 Å². The molecule has 0 radical (unpaired) electrons. The Bertz CT molecular complexity index is 1380. The van der Waals surface area contributed by atoms with Gasteiger partial charge in [-0.2, -0.15) is 5.26 Å².